The summed E-state index contributed by atoms with van der Waals surface area (Å²) in [6.07, 6.45) is 2.86. The molecular weight excluding hydrogens is 200 g/mol. The van der Waals surface area contributed by atoms with Crippen molar-refractivity contribution in [2.75, 3.05) is 25.1 Å². The van der Waals surface area contributed by atoms with E-state index in [1.54, 1.807) is 6.20 Å². The molecule has 76 valence electrons. The molecule has 1 aromatic rings. The zero-order valence-corrected chi connectivity index (χ0v) is 8.63. The Morgan fingerprint density at radius 1 is 1.64 bits per heavy atom. The van der Waals surface area contributed by atoms with E-state index >= 15 is 0 Å². The van der Waals surface area contributed by atoms with Crippen LogP contribution in [0.1, 0.15) is 6.42 Å². The van der Waals surface area contributed by atoms with Gasteiger partial charge in [0.05, 0.1) is 11.6 Å². The third-order valence-corrected chi connectivity index (χ3v) is 2.65. The van der Waals surface area contributed by atoms with Crippen molar-refractivity contribution in [3.63, 3.8) is 0 Å². The number of pyridine rings is 1. The molecule has 3 nitrogen and oxygen atoms in total. The highest BCUT2D eigenvalue weighted by molar-refractivity contribution is 6.32. The second-order valence-electron chi connectivity index (χ2n) is 3.44. The van der Waals surface area contributed by atoms with Crippen LogP contribution in [0.25, 0.3) is 0 Å². The largest absolute Gasteiger partial charge is 0.381 e. The molecule has 1 aliphatic heterocycles. The zero-order chi connectivity index (χ0) is 9.80. The number of nitrogens with zero attached hydrogens (tertiary/aromatic N) is 1. The minimum atomic E-state index is 0.591. The summed E-state index contributed by atoms with van der Waals surface area (Å²) >= 11 is 5.95. The zero-order valence-electron chi connectivity index (χ0n) is 7.87. The summed E-state index contributed by atoms with van der Waals surface area (Å²) in [5.74, 6) is 1.36. The summed E-state index contributed by atoms with van der Waals surface area (Å²) in [4.78, 5) is 4.16. The Bertz CT molecular complexity index is 300. The number of halogens is 1. The minimum Gasteiger partial charge on any atom is -0.381 e. The molecule has 1 unspecified atom stereocenters. The van der Waals surface area contributed by atoms with Crippen LogP contribution < -0.4 is 5.32 Å². The van der Waals surface area contributed by atoms with Gasteiger partial charge in [0.1, 0.15) is 5.82 Å². The van der Waals surface area contributed by atoms with Crippen LogP contribution in [0.3, 0.4) is 0 Å². The second kappa shape index (κ2) is 4.62. The maximum Gasteiger partial charge on any atom is 0.144 e. The Morgan fingerprint density at radius 3 is 3.29 bits per heavy atom. The van der Waals surface area contributed by atoms with Crippen LogP contribution >= 0.6 is 11.6 Å². The van der Waals surface area contributed by atoms with E-state index in [0.29, 0.717) is 10.9 Å². The molecule has 0 amide bonds. The van der Waals surface area contributed by atoms with Crippen molar-refractivity contribution in [3.8, 4) is 0 Å². The van der Waals surface area contributed by atoms with Crippen molar-refractivity contribution in [1.82, 2.24) is 4.98 Å². The van der Waals surface area contributed by atoms with Crippen molar-refractivity contribution in [3.05, 3.63) is 23.4 Å². The monoisotopic (exact) mass is 212 g/mol. The fraction of sp³-hybridized carbons (Fsp3) is 0.500. The van der Waals surface area contributed by atoms with Crippen LogP contribution in [0.5, 0.6) is 0 Å². The molecule has 1 N–H and O–H groups in total. The van der Waals surface area contributed by atoms with Gasteiger partial charge in [-0.3, -0.25) is 0 Å². The van der Waals surface area contributed by atoms with Gasteiger partial charge in [0, 0.05) is 25.3 Å². The van der Waals surface area contributed by atoms with Gasteiger partial charge in [-0.15, -0.1) is 0 Å². The first kappa shape index (κ1) is 9.74. The van der Waals surface area contributed by atoms with Crippen LogP contribution in [0, 0.1) is 5.92 Å². The lowest BCUT2D eigenvalue weighted by Crippen LogP contribution is -2.14. The molecule has 0 aromatic carbocycles. The minimum absolute atomic E-state index is 0.591. The number of hydrogen-bond donors (Lipinski definition) is 1. The topological polar surface area (TPSA) is 34.2 Å². The van der Waals surface area contributed by atoms with Gasteiger partial charge in [-0.05, 0) is 18.6 Å². The lowest BCUT2D eigenvalue weighted by atomic mass is 10.1. The molecule has 1 saturated heterocycles. The van der Waals surface area contributed by atoms with Gasteiger partial charge in [-0.1, -0.05) is 11.6 Å². The molecule has 0 aliphatic carbocycles. The van der Waals surface area contributed by atoms with Crippen molar-refractivity contribution in [1.29, 1.82) is 0 Å². The first-order chi connectivity index (χ1) is 6.86. The highest BCUT2D eigenvalue weighted by atomic mass is 35.5. The van der Waals surface area contributed by atoms with Crippen molar-refractivity contribution in [2.24, 2.45) is 5.92 Å². The highest BCUT2D eigenvalue weighted by Gasteiger charge is 2.15. The van der Waals surface area contributed by atoms with E-state index in [2.05, 4.69) is 10.3 Å². The summed E-state index contributed by atoms with van der Waals surface area (Å²) in [5.41, 5.74) is 0. The average Bonchev–Trinajstić information content (AvgIpc) is 2.69. The predicted octanol–water partition coefficient (Wildman–Crippen LogP) is 2.18. The van der Waals surface area contributed by atoms with E-state index in [9.17, 15) is 0 Å². The molecule has 1 fully saturated rings. The lowest BCUT2D eigenvalue weighted by Gasteiger charge is -2.10. The molecule has 1 aromatic heterocycles. The molecule has 1 atom stereocenters. The lowest BCUT2D eigenvalue weighted by molar-refractivity contribution is 0.187. The molecule has 2 rings (SSSR count). The first-order valence-electron chi connectivity index (χ1n) is 4.78. The third kappa shape index (κ3) is 2.36. The quantitative estimate of drug-likeness (QED) is 0.834. The van der Waals surface area contributed by atoms with Gasteiger partial charge in [0.15, 0.2) is 0 Å². The van der Waals surface area contributed by atoms with Gasteiger partial charge >= 0.3 is 0 Å². The van der Waals surface area contributed by atoms with E-state index in [1.165, 1.54) is 0 Å². The summed E-state index contributed by atoms with van der Waals surface area (Å²) in [6.45, 7) is 2.61. The van der Waals surface area contributed by atoms with E-state index in [4.69, 9.17) is 16.3 Å². The first-order valence-corrected chi connectivity index (χ1v) is 5.16. The van der Waals surface area contributed by atoms with Crippen molar-refractivity contribution >= 4 is 17.4 Å². The Hall–Kier alpha value is -0.800. The highest BCUT2D eigenvalue weighted by Crippen LogP contribution is 2.19. The molecule has 4 heteroatoms. The van der Waals surface area contributed by atoms with Gasteiger partial charge in [-0.25, -0.2) is 4.98 Å². The maximum absolute atomic E-state index is 5.95. The van der Waals surface area contributed by atoms with Gasteiger partial charge in [0.25, 0.3) is 0 Å². The molecule has 2 heterocycles. The summed E-state index contributed by atoms with van der Waals surface area (Å²) in [6, 6.07) is 3.66. The molecule has 1 aliphatic rings. The van der Waals surface area contributed by atoms with Crippen LogP contribution in [0.2, 0.25) is 5.02 Å². The molecular formula is C10H13ClN2O. The van der Waals surface area contributed by atoms with E-state index in [0.717, 1.165) is 32.0 Å². The molecule has 14 heavy (non-hydrogen) atoms. The van der Waals surface area contributed by atoms with Crippen molar-refractivity contribution in [2.45, 2.75) is 6.42 Å². The summed E-state index contributed by atoms with van der Waals surface area (Å²) in [7, 11) is 0. The third-order valence-electron chi connectivity index (χ3n) is 2.34. The van der Waals surface area contributed by atoms with Crippen LogP contribution in [-0.2, 0) is 4.74 Å². The molecule has 0 saturated carbocycles. The SMILES string of the molecule is Clc1cccnc1NCC1CCOC1. The number of aromatic nitrogens is 1. The Balaban J connectivity index is 1.88. The molecule has 0 spiro atoms. The predicted molar refractivity (Wildman–Crippen MR) is 56.7 cm³/mol. The number of hydrogen-bond acceptors (Lipinski definition) is 3. The fourth-order valence-corrected chi connectivity index (χ4v) is 1.69. The number of anilines is 1. The fourth-order valence-electron chi connectivity index (χ4n) is 1.50. The van der Waals surface area contributed by atoms with Crippen LogP contribution in [-0.4, -0.2) is 24.7 Å². The van der Waals surface area contributed by atoms with E-state index in [1.807, 2.05) is 12.1 Å². The Labute approximate surface area is 88.4 Å². The van der Waals surface area contributed by atoms with Gasteiger partial charge < -0.3 is 10.1 Å². The van der Waals surface area contributed by atoms with E-state index < -0.39 is 0 Å². The van der Waals surface area contributed by atoms with Gasteiger partial charge in [-0.2, -0.15) is 0 Å². The summed E-state index contributed by atoms with van der Waals surface area (Å²) < 4.78 is 5.28. The Kier molecular flexibility index (Phi) is 3.22. The van der Waals surface area contributed by atoms with Gasteiger partial charge in [0.2, 0.25) is 0 Å². The molecule has 0 radical (unpaired) electrons. The average molecular weight is 213 g/mol. The van der Waals surface area contributed by atoms with E-state index in [-0.39, 0.29) is 0 Å². The second-order valence-corrected chi connectivity index (χ2v) is 3.85. The summed E-state index contributed by atoms with van der Waals surface area (Å²) in [5, 5.41) is 3.90. The standard InChI is InChI=1S/C10H13ClN2O/c11-9-2-1-4-12-10(9)13-6-8-3-5-14-7-8/h1-2,4,8H,3,5-7H2,(H,12,13). The van der Waals surface area contributed by atoms with Crippen LogP contribution in [0.4, 0.5) is 5.82 Å². The number of nitrogens with one attached hydrogen (secondary N) is 1. The Morgan fingerprint density at radius 2 is 2.57 bits per heavy atom. The normalized spacial score (nSPS) is 21.1. The number of ether oxygens (including phenoxy) is 1. The smallest absolute Gasteiger partial charge is 0.144 e. The number of rotatable bonds is 3. The maximum atomic E-state index is 5.95. The van der Waals surface area contributed by atoms with Crippen LogP contribution in [0.15, 0.2) is 18.3 Å². The molecule has 0 bridgehead atoms. The van der Waals surface area contributed by atoms with Crippen molar-refractivity contribution < 1.29 is 4.74 Å².